The van der Waals surface area contributed by atoms with E-state index in [-0.39, 0.29) is 22.9 Å². The molecular formula is C13H14ClN3O2. The van der Waals surface area contributed by atoms with Gasteiger partial charge < -0.3 is 11.1 Å². The van der Waals surface area contributed by atoms with Crippen molar-refractivity contribution < 1.29 is 9.59 Å². The molecule has 1 aromatic rings. The van der Waals surface area contributed by atoms with Crippen LogP contribution in [-0.2, 0) is 4.79 Å². The Kier molecular flexibility index (Phi) is 5.34. The molecule has 0 saturated heterocycles. The first-order valence-corrected chi connectivity index (χ1v) is 6.06. The molecule has 19 heavy (non-hydrogen) atoms. The van der Waals surface area contributed by atoms with Crippen LogP contribution >= 0.6 is 11.6 Å². The highest BCUT2D eigenvalue weighted by molar-refractivity contribution is 6.33. The van der Waals surface area contributed by atoms with Gasteiger partial charge in [0.05, 0.1) is 16.7 Å². The summed E-state index contributed by atoms with van der Waals surface area (Å²) in [6.07, 6.45) is 0.121. The van der Waals surface area contributed by atoms with E-state index in [2.05, 4.69) is 5.32 Å². The van der Waals surface area contributed by atoms with Gasteiger partial charge in [-0.3, -0.25) is 9.59 Å². The third-order valence-corrected chi connectivity index (χ3v) is 3.02. The van der Waals surface area contributed by atoms with Gasteiger partial charge >= 0.3 is 0 Å². The fourth-order valence-corrected chi connectivity index (χ4v) is 1.84. The van der Waals surface area contributed by atoms with Gasteiger partial charge in [0.25, 0.3) is 5.91 Å². The third kappa shape index (κ3) is 3.97. The third-order valence-electron chi connectivity index (χ3n) is 2.69. The summed E-state index contributed by atoms with van der Waals surface area (Å²) in [7, 11) is 0. The maximum atomic E-state index is 12.0. The number of carbonyl (C=O) groups excluding carboxylic acids is 2. The highest BCUT2D eigenvalue weighted by Gasteiger charge is 2.25. The van der Waals surface area contributed by atoms with Gasteiger partial charge in [0.1, 0.15) is 6.04 Å². The van der Waals surface area contributed by atoms with Crippen molar-refractivity contribution in [1.29, 1.82) is 5.26 Å². The maximum absolute atomic E-state index is 12.0. The van der Waals surface area contributed by atoms with Gasteiger partial charge in [-0.2, -0.15) is 5.26 Å². The van der Waals surface area contributed by atoms with Gasteiger partial charge in [0, 0.05) is 6.42 Å². The van der Waals surface area contributed by atoms with E-state index in [0.29, 0.717) is 0 Å². The number of benzene rings is 1. The van der Waals surface area contributed by atoms with Crippen LogP contribution in [-0.4, -0.2) is 17.9 Å². The van der Waals surface area contributed by atoms with E-state index in [9.17, 15) is 9.59 Å². The van der Waals surface area contributed by atoms with Gasteiger partial charge in [-0.25, -0.2) is 0 Å². The van der Waals surface area contributed by atoms with Crippen molar-refractivity contribution in [2.24, 2.45) is 11.7 Å². The molecule has 0 saturated carbocycles. The number of nitriles is 1. The molecule has 0 aliphatic rings. The van der Waals surface area contributed by atoms with Crippen LogP contribution in [0.25, 0.3) is 0 Å². The van der Waals surface area contributed by atoms with Crippen LogP contribution in [0.2, 0.25) is 5.02 Å². The summed E-state index contributed by atoms with van der Waals surface area (Å²) < 4.78 is 0. The molecule has 0 heterocycles. The largest absolute Gasteiger partial charge is 0.368 e. The van der Waals surface area contributed by atoms with Crippen LogP contribution in [0.5, 0.6) is 0 Å². The number of nitrogens with one attached hydrogen (secondary N) is 1. The highest BCUT2D eigenvalue weighted by Crippen LogP contribution is 2.16. The molecule has 6 heteroatoms. The zero-order valence-corrected chi connectivity index (χ0v) is 11.1. The lowest BCUT2D eigenvalue weighted by Crippen LogP contribution is -2.48. The Bertz CT molecular complexity index is 525. The average Bonchev–Trinajstić information content (AvgIpc) is 2.36. The number of primary amides is 1. The highest BCUT2D eigenvalue weighted by atomic mass is 35.5. The molecule has 0 unspecified atom stereocenters. The minimum Gasteiger partial charge on any atom is -0.368 e. The van der Waals surface area contributed by atoms with Crippen molar-refractivity contribution in [3.05, 3.63) is 34.9 Å². The molecule has 0 aromatic heterocycles. The van der Waals surface area contributed by atoms with Crippen LogP contribution < -0.4 is 11.1 Å². The Morgan fingerprint density at radius 1 is 1.47 bits per heavy atom. The van der Waals surface area contributed by atoms with Gasteiger partial charge in [0.2, 0.25) is 5.91 Å². The predicted octanol–water partition coefficient (Wildman–Crippen LogP) is 1.47. The quantitative estimate of drug-likeness (QED) is 0.854. The van der Waals surface area contributed by atoms with E-state index < -0.39 is 17.9 Å². The van der Waals surface area contributed by atoms with Crippen LogP contribution in [0.15, 0.2) is 24.3 Å². The van der Waals surface area contributed by atoms with Gasteiger partial charge in [0.15, 0.2) is 0 Å². The summed E-state index contributed by atoms with van der Waals surface area (Å²) in [5.74, 6) is -1.53. The number of rotatable bonds is 5. The number of halogens is 1. The predicted molar refractivity (Wildman–Crippen MR) is 71.3 cm³/mol. The second-order valence-corrected chi connectivity index (χ2v) is 4.58. The molecule has 0 spiro atoms. The fraction of sp³-hybridized carbons (Fsp3) is 0.308. The van der Waals surface area contributed by atoms with E-state index in [1.165, 1.54) is 0 Å². The first-order valence-electron chi connectivity index (χ1n) is 5.69. The topological polar surface area (TPSA) is 96.0 Å². The lowest BCUT2D eigenvalue weighted by molar-refractivity contribution is -0.120. The maximum Gasteiger partial charge on any atom is 0.253 e. The first-order chi connectivity index (χ1) is 8.97. The van der Waals surface area contributed by atoms with E-state index in [4.69, 9.17) is 22.6 Å². The fourth-order valence-electron chi connectivity index (χ4n) is 1.62. The Balaban J connectivity index is 2.87. The molecule has 2 amide bonds. The second kappa shape index (κ2) is 6.76. The Labute approximate surface area is 116 Å². The molecule has 0 fully saturated rings. The van der Waals surface area contributed by atoms with Crippen LogP contribution in [0, 0.1) is 17.2 Å². The van der Waals surface area contributed by atoms with Gasteiger partial charge in [-0.15, -0.1) is 0 Å². The van der Waals surface area contributed by atoms with Crippen molar-refractivity contribution >= 4 is 23.4 Å². The molecule has 1 aromatic carbocycles. The zero-order chi connectivity index (χ0) is 14.4. The number of hydrogen-bond donors (Lipinski definition) is 2. The molecule has 0 bridgehead atoms. The summed E-state index contributed by atoms with van der Waals surface area (Å²) in [5.41, 5.74) is 5.50. The molecule has 1 rings (SSSR count). The van der Waals surface area contributed by atoms with Crippen molar-refractivity contribution in [2.45, 2.75) is 19.4 Å². The van der Waals surface area contributed by atoms with Crippen molar-refractivity contribution in [3.8, 4) is 6.07 Å². The molecule has 100 valence electrons. The number of nitrogens with two attached hydrogens (primary N) is 1. The molecule has 5 nitrogen and oxygen atoms in total. The Morgan fingerprint density at radius 2 is 2.11 bits per heavy atom. The summed E-state index contributed by atoms with van der Waals surface area (Å²) in [6, 6.07) is 7.53. The van der Waals surface area contributed by atoms with Gasteiger partial charge in [-0.1, -0.05) is 30.7 Å². The molecule has 0 radical (unpaired) electrons. The standard InChI is InChI=1S/C13H14ClN3O2/c1-8(6-7-15)11(12(16)18)17-13(19)9-4-2-3-5-10(9)14/h2-5,8,11H,6H2,1H3,(H2,16,18)(H,17,19)/t8-,11-/m0/s1. The van der Waals surface area contributed by atoms with Crippen LogP contribution in [0.3, 0.4) is 0 Å². The molecular weight excluding hydrogens is 266 g/mol. The molecule has 0 aliphatic heterocycles. The summed E-state index contributed by atoms with van der Waals surface area (Å²) in [6.45, 7) is 1.67. The summed E-state index contributed by atoms with van der Waals surface area (Å²) in [4.78, 5) is 23.3. The van der Waals surface area contributed by atoms with Gasteiger partial charge in [-0.05, 0) is 18.1 Å². The van der Waals surface area contributed by atoms with Crippen molar-refractivity contribution in [1.82, 2.24) is 5.32 Å². The van der Waals surface area contributed by atoms with E-state index in [0.717, 1.165) is 0 Å². The number of amides is 2. The molecule has 0 aliphatic carbocycles. The lowest BCUT2D eigenvalue weighted by Gasteiger charge is -2.20. The monoisotopic (exact) mass is 279 g/mol. The summed E-state index contributed by atoms with van der Waals surface area (Å²) >= 11 is 5.89. The molecule has 3 N–H and O–H groups in total. The Hall–Kier alpha value is -2.06. The van der Waals surface area contributed by atoms with Crippen LogP contribution in [0.1, 0.15) is 23.7 Å². The van der Waals surface area contributed by atoms with E-state index in [1.54, 1.807) is 31.2 Å². The normalized spacial score (nSPS) is 13.1. The summed E-state index contributed by atoms with van der Waals surface area (Å²) in [5, 5.41) is 11.4. The lowest BCUT2D eigenvalue weighted by atomic mass is 9.98. The smallest absolute Gasteiger partial charge is 0.253 e. The van der Waals surface area contributed by atoms with E-state index in [1.807, 2.05) is 6.07 Å². The first kappa shape index (κ1) is 15.0. The van der Waals surface area contributed by atoms with Crippen molar-refractivity contribution in [3.63, 3.8) is 0 Å². The minimum absolute atomic E-state index is 0.121. The molecule has 2 atom stereocenters. The number of carbonyl (C=O) groups is 2. The zero-order valence-electron chi connectivity index (χ0n) is 10.4. The van der Waals surface area contributed by atoms with Crippen molar-refractivity contribution in [2.75, 3.05) is 0 Å². The minimum atomic E-state index is -0.900. The number of nitrogens with zero attached hydrogens (tertiary/aromatic N) is 1. The SMILES string of the molecule is C[C@@H](CC#N)[C@H](NC(=O)c1ccccc1Cl)C(N)=O. The second-order valence-electron chi connectivity index (χ2n) is 4.17. The average molecular weight is 280 g/mol. The Morgan fingerprint density at radius 3 is 2.63 bits per heavy atom. The number of hydrogen-bond acceptors (Lipinski definition) is 3. The van der Waals surface area contributed by atoms with E-state index >= 15 is 0 Å². The van der Waals surface area contributed by atoms with Crippen LogP contribution in [0.4, 0.5) is 0 Å².